The second kappa shape index (κ2) is 7.06. The van der Waals surface area contributed by atoms with Crippen molar-refractivity contribution in [1.29, 1.82) is 5.26 Å². The van der Waals surface area contributed by atoms with Crippen LogP contribution in [0.25, 0.3) is 0 Å². The van der Waals surface area contributed by atoms with Crippen molar-refractivity contribution in [3.05, 3.63) is 35.4 Å². The molecule has 0 aromatic heterocycles. The van der Waals surface area contributed by atoms with Crippen LogP contribution in [0.3, 0.4) is 0 Å². The molecule has 1 aliphatic rings. The number of nitrogens with zero attached hydrogens (tertiary/aromatic N) is 2. The highest BCUT2D eigenvalue weighted by Crippen LogP contribution is 2.21. The number of esters is 1. The number of rotatable bonds is 4. The fourth-order valence-corrected chi connectivity index (χ4v) is 2.69. The molecule has 0 amide bonds. The van der Waals surface area contributed by atoms with Crippen molar-refractivity contribution in [1.82, 2.24) is 4.90 Å². The number of carbonyl (C=O) groups excluding carboxylic acids is 1. The molecule has 0 bridgehead atoms. The summed E-state index contributed by atoms with van der Waals surface area (Å²) in [5.41, 5.74) is 2.44. The quantitative estimate of drug-likeness (QED) is 0.790. The van der Waals surface area contributed by atoms with E-state index in [1.165, 1.54) is 11.1 Å². The van der Waals surface area contributed by atoms with Gasteiger partial charge in [-0.05, 0) is 31.9 Å². The first-order valence-corrected chi connectivity index (χ1v) is 7.04. The topological polar surface area (TPSA) is 53.3 Å². The van der Waals surface area contributed by atoms with Gasteiger partial charge in [0, 0.05) is 6.54 Å². The first-order chi connectivity index (χ1) is 9.70. The monoisotopic (exact) mass is 272 g/mol. The van der Waals surface area contributed by atoms with Gasteiger partial charge < -0.3 is 4.74 Å². The molecule has 0 saturated carbocycles. The van der Waals surface area contributed by atoms with Gasteiger partial charge in [0.1, 0.15) is 12.1 Å². The summed E-state index contributed by atoms with van der Waals surface area (Å²) in [7, 11) is 0. The van der Waals surface area contributed by atoms with Crippen LogP contribution in [0, 0.1) is 18.3 Å². The van der Waals surface area contributed by atoms with Gasteiger partial charge >= 0.3 is 5.97 Å². The SMILES string of the molecule is Cc1cccc(CN2CCCC[C@@H]2C(=O)OCC#N)c1. The zero-order valence-corrected chi connectivity index (χ0v) is 11.8. The Morgan fingerprint density at radius 1 is 1.50 bits per heavy atom. The lowest BCUT2D eigenvalue weighted by molar-refractivity contribution is -0.150. The fraction of sp³-hybridized carbons (Fsp3) is 0.500. The first-order valence-electron chi connectivity index (χ1n) is 7.04. The van der Waals surface area contributed by atoms with Crippen molar-refractivity contribution in [2.75, 3.05) is 13.2 Å². The lowest BCUT2D eigenvalue weighted by Crippen LogP contribution is -2.45. The number of hydrogen-bond donors (Lipinski definition) is 0. The molecule has 1 aromatic rings. The molecule has 0 radical (unpaired) electrons. The number of benzene rings is 1. The maximum absolute atomic E-state index is 12.0. The van der Waals surface area contributed by atoms with E-state index in [-0.39, 0.29) is 18.6 Å². The van der Waals surface area contributed by atoms with Crippen molar-refractivity contribution in [2.24, 2.45) is 0 Å². The fourth-order valence-electron chi connectivity index (χ4n) is 2.69. The van der Waals surface area contributed by atoms with Gasteiger partial charge in [0.05, 0.1) is 0 Å². The van der Waals surface area contributed by atoms with Crippen LogP contribution in [-0.4, -0.2) is 30.1 Å². The lowest BCUT2D eigenvalue weighted by atomic mass is 10.0. The number of piperidine rings is 1. The highest BCUT2D eigenvalue weighted by Gasteiger charge is 2.29. The second-order valence-electron chi connectivity index (χ2n) is 5.24. The van der Waals surface area contributed by atoms with E-state index in [0.29, 0.717) is 0 Å². The van der Waals surface area contributed by atoms with Gasteiger partial charge in [-0.1, -0.05) is 36.2 Å². The molecule has 1 saturated heterocycles. The van der Waals surface area contributed by atoms with Crippen LogP contribution in [-0.2, 0) is 16.1 Å². The number of hydrogen-bond acceptors (Lipinski definition) is 4. The number of carbonyl (C=O) groups is 1. The van der Waals surface area contributed by atoms with E-state index in [1.54, 1.807) is 0 Å². The molecule has 0 aliphatic carbocycles. The van der Waals surface area contributed by atoms with Crippen LogP contribution >= 0.6 is 0 Å². The van der Waals surface area contributed by atoms with E-state index in [4.69, 9.17) is 10.00 Å². The molecule has 4 nitrogen and oxygen atoms in total. The molecule has 20 heavy (non-hydrogen) atoms. The average molecular weight is 272 g/mol. The molecular weight excluding hydrogens is 252 g/mol. The molecule has 106 valence electrons. The maximum atomic E-state index is 12.0. The molecule has 1 fully saturated rings. The summed E-state index contributed by atoms with van der Waals surface area (Å²) in [5, 5.41) is 8.50. The first kappa shape index (κ1) is 14.5. The molecule has 0 spiro atoms. The van der Waals surface area contributed by atoms with Crippen LogP contribution in [0.15, 0.2) is 24.3 Å². The van der Waals surface area contributed by atoms with Crippen LogP contribution in [0.5, 0.6) is 0 Å². The third-order valence-electron chi connectivity index (χ3n) is 3.63. The van der Waals surface area contributed by atoms with Gasteiger partial charge in [0.25, 0.3) is 0 Å². The van der Waals surface area contributed by atoms with E-state index >= 15 is 0 Å². The summed E-state index contributed by atoms with van der Waals surface area (Å²) in [6.07, 6.45) is 2.96. The minimum atomic E-state index is -0.265. The number of ether oxygens (including phenoxy) is 1. The molecule has 1 aliphatic heterocycles. The Morgan fingerprint density at radius 2 is 2.35 bits per heavy atom. The third-order valence-corrected chi connectivity index (χ3v) is 3.63. The molecular formula is C16H20N2O2. The summed E-state index contributed by atoms with van der Waals surface area (Å²) in [6.45, 7) is 3.57. The lowest BCUT2D eigenvalue weighted by Gasteiger charge is -2.33. The van der Waals surface area contributed by atoms with E-state index in [1.807, 2.05) is 12.1 Å². The van der Waals surface area contributed by atoms with Gasteiger partial charge in [-0.25, -0.2) is 0 Å². The number of likely N-dealkylation sites (tertiary alicyclic amines) is 1. The Morgan fingerprint density at radius 3 is 3.10 bits per heavy atom. The Balaban J connectivity index is 2.03. The van der Waals surface area contributed by atoms with E-state index in [9.17, 15) is 4.79 Å². The second-order valence-corrected chi connectivity index (χ2v) is 5.24. The molecule has 0 N–H and O–H groups in total. The standard InChI is InChI=1S/C16H20N2O2/c1-13-5-4-6-14(11-13)12-18-9-3-2-7-15(18)16(19)20-10-8-17/h4-6,11,15H,2-3,7,9-10,12H2,1H3/t15-/m1/s1. The van der Waals surface area contributed by atoms with Crippen LogP contribution in [0.1, 0.15) is 30.4 Å². The predicted molar refractivity (Wildman–Crippen MR) is 75.8 cm³/mol. The maximum Gasteiger partial charge on any atom is 0.324 e. The van der Waals surface area contributed by atoms with Crippen molar-refractivity contribution in [3.63, 3.8) is 0 Å². The van der Waals surface area contributed by atoms with Gasteiger partial charge in [-0.3, -0.25) is 9.69 Å². The molecule has 1 aromatic carbocycles. The summed E-state index contributed by atoms with van der Waals surface area (Å²) in [6, 6.07) is 9.97. The Bertz CT molecular complexity index is 507. The number of aryl methyl sites for hydroxylation is 1. The summed E-state index contributed by atoms with van der Waals surface area (Å²) in [4.78, 5) is 14.2. The Kier molecular flexibility index (Phi) is 5.14. The minimum Gasteiger partial charge on any atom is -0.449 e. The zero-order chi connectivity index (χ0) is 14.4. The zero-order valence-electron chi connectivity index (χ0n) is 11.8. The third kappa shape index (κ3) is 3.82. The highest BCUT2D eigenvalue weighted by molar-refractivity contribution is 5.76. The van der Waals surface area contributed by atoms with Gasteiger partial charge in [0.2, 0.25) is 0 Å². The average Bonchev–Trinajstić information content (AvgIpc) is 2.45. The molecule has 0 unspecified atom stereocenters. The molecule has 4 heteroatoms. The Hall–Kier alpha value is -1.86. The van der Waals surface area contributed by atoms with Gasteiger partial charge in [0.15, 0.2) is 6.61 Å². The van der Waals surface area contributed by atoms with E-state index < -0.39 is 0 Å². The summed E-state index contributed by atoms with van der Waals surface area (Å²) < 4.78 is 4.98. The molecule has 1 heterocycles. The Labute approximate surface area is 120 Å². The van der Waals surface area contributed by atoms with Crippen LogP contribution < -0.4 is 0 Å². The minimum absolute atomic E-state index is 0.159. The number of nitriles is 1. The van der Waals surface area contributed by atoms with Gasteiger partial charge in [-0.15, -0.1) is 0 Å². The normalized spacial score (nSPS) is 19.3. The summed E-state index contributed by atoms with van der Waals surface area (Å²) >= 11 is 0. The molecule has 1 atom stereocenters. The van der Waals surface area contributed by atoms with Crippen LogP contribution in [0.4, 0.5) is 0 Å². The molecule has 2 rings (SSSR count). The van der Waals surface area contributed by atoms with Gasteiger partial charge in [-0.2, -0.15) is 5.26 Å². The van der Waals surface area contributed by atoms with E-state index in [2.05, 4.69) is 30.0 Å². The van der Waals surface area contributed by atoms with Crippen molar-refractivity contribution in [2.45, 2.75) is 38.8 Å². The highest BCUT2D eigenvalue weighted by atomic mass is 16.5. The summed E-state index contributed by atoms with van der Waals surface area (Å²) in [5.74, 6) is -0.265. The predicted octanol–water partition coefficient (Wildman–Crippen LogP) is 2.42. The van der Waals surface area contributed by atoms with Crippen molar-refractivity contribution >= 4 is 5.97 Å². The van der Waals surface area contributed by atoms with Crippen molar-refractivity contribution < 1.29 is 9.53 Å². The van der Waals surface area contributed by atoms with Crippen molar-refractivity contribution in [3.8, 4) is 6.07 Å². The largest absolute Gasteiger partial charge is 0.449 e. The van der Waals surface area contributed by atoms with E-state index in [0.717, 1.165) is 32.4 Å². The van der Waals surface area contributed by atoms with Crippen LogP contribution in [0.2, 0.25) is 0 Å². The smallest absolute Gasteiger partial charge is 0.324 e.